The van der Waals surface area contributed by atoms with Gasteiger partial charge in [0, 0.05) is 7.11 Å². The Morgan fingerprint density at radius 1 is 1.14 bits per heavy atom. The fourth-order valence-electron chi connectivity index (χ4n) is 0.984. The lowest BCUT2D eigenvalue weighted by atomic mass is 10.3. The molecule has 4 heteroatoms. The molecule has 0 saturated carbocycles. The number of methoxy groups -OCH3 is 1. The summed E-state index contributed by atoms with van der Waals surface area (Å²) in [6, 6.07) is 0. The summed E-state index contributed by atoms with van der Waals surface area (Å²) in [5.74, 6) is -1.46. The van der Waals surface area contributed by atoms with Crippen LogP contribution in [0.25, 0.3) is 0 Å². The lowest BCUT2D eigenvalue weighted by molar-refractivity contribution is -0.330. The van der Waals surface area contributed by atoms with Crippen molar-refractivity contribution >= 4 is 0 Å². The molecule has 0 fully saturated rings. The van der Waals surface area contributed by atoms with E-state index in [1.165, 1.54) is 0 Å². The van der Waals surface area contributed by atoms with Crippen LogP contribution in [0.1, 0.15) is 34.6 Å². The van der Waals surface area contributed by atoms with Crippen molar-refractivity contribution in [2.45, 2.75) is 52.3 Å². The normalized spacial score (nSPS) is 15.6. The van der Waals surface area contributed by atoms with Crippen molar-refractivity contribution < 1.29 is 19.3 Å². The minimum absolute atomic E-state index is 0.243. The highest BCUT2D eigenvalue weighted by molar-refractivity contribution is 4.62. The Balaban J connectivity index is 4.06. The van der Waals surface area contributed by atoms with Gasteiger partial charge >= 0.3 is 0 Å². The average molecular weight is 206 g/mol. The van der Waals surface area contributed by atoms with Gasteiger partial charge in [-0.15, -0.1) is 0 Å². The van der Waals surface area contributed by atoms with Crippen LogP contribution >= 0.6 is 0 Å². The fraction of sp³-hybridized carbons (Fsp3) is 1.00. The zero-order valence-corrected chi connectivity index (χ0v) is 9.96. The van der Waals surface area contributed by atoms with E-state index in [1.807, 2.05) is 0 Å². The predicted molar refractivity (Wildman–Crippen MR) is 53.9 cm³/mol. The number of ether oxygens (including phenoxy) is 3. The summed E-state index contributed by atoms with van der Waals surface area (Å²) in [7, 11) is 1.57. The molecule has 0 aliphatic carbocycles. The Kier molecular flexibility index (Phi) is 5.01. The van der Waals surface area contributed by atoms with E-state index < -0.39 is 17.7 Å². The molecule has 0 radical (unpaired) electrons. The van der Waals surface area contributed by atoms with Crippen molar-refractivity contribution in [3.05, 3.63) is 0 Å². The number of aliphatic hydroxyl groups excluding tert-OH is 1. The molecular weight excluding hydrogens is 184 g/mol. The van der Waals surface area contributed by atoms with Crippen molar-refractivity contribution in [1.29, 1.82) is 0 Å². The number of hydrogen-bond acceptors (Lipinski definition) is 4. The minimum atomic E-state index is -0.767. The van der Waals surface area contributed by atoms with Crippen molar-refractivity contribution in [2.75, 3.05) is 13.7 Å². The second-order valence-electron chi connectivity index (χ2n) is 4.27. The van der Waals surface area contributed by atoms with Gasteiger partial charge in [0.1, 0.15) is 0 Å². The maximum absolute atomic E-state index is 9.06. The summed E-state index contributed by atoms with van der Waals surface area (Å²) >= 11 is 0. The first kappa shape index (κ1) is 13.8. The summed E-state index contributed by atoms with van der Waals surface area (Å²) < 4.78 is 16.1. The molecule has 0 amide bonds. The first-order chi connectivity index (χ1) is 6.18. The molecule has 14 heavy (non-hydrogen) atoms. The maximum Gasteiger partial charge on any atom is 0.166 e. The van der Waals surface area contributed by atoms with E-state index in [0.29, 0.717) is 0 Å². The van der Waals surface area contributed by atoms with Crippen molar-refractivity contribution in [3.63, 3.8) is 0 Å². The minimum Gasteiger partial charge on any atom is -0.391 e. The largest absolute Gasteiger partial charge is 0.391 e. The Morgan fingerprint density at radius 3 is 2.00 bits per heavy atom. The van der Waals surface area contributed by atoms with Crippen LogP contribution in [-0.2, 0) is 14.2 Å². The quantitative estimate of drug-likeness (QED) is 0.669. The van der Waals surface area contributed by atoms with Gasteiger partial charge in [0.05, 0.1) is 12.7 Å². The van der Waals surface area contributed by atoms with Gasteiger partial charge in [0.2, 0.25) is 0 Å². The van der Waals surface area contributed by atoms with Gasteiger partial charge in [-0.1, -0.05) is 0 Å². The molecule has 1 N–H and O–H groups in total. The third-order valence-electron chi connectivity index (χ3n) is 1.66. The second kappa shape index (κ2) is 5.07. The molecule has 0 aromatic heterocycles. The van der Waals surface area contributed by atoms with E-state index in [4.69, 9.17) is 19.3 Å². The van der Waals surface area contributed by atoms with E-state index >= 15 is 0 Å². The van der Waals surface area contributed by atoms with Gasteiger partial charge in [-0.25, -0.2) is 0 Å². The van der Waals surface area contributed by atoms with Crippen molar-refractivity contribution in [1.82, 2.24) is 0 Å². The van der Waals surface area contributed by atoms with Gasteiger partial charge < -0.3 is 19.3 Å². The lowest BCUT2D eigenvalue weighted by Gasteiger charge is -2.35. The fourth-order valence-corrected chi connectivity index (χ4v) is 0.984. The molecule has 0 rings (SSSR count). The standard InChI is InChI=1S/C10H22O4/c1-8(11)7-13-10(4,5)14-9(2,3)12-6/h8,11H,7H2,1-6H3. The number of rotatable bonds is 6. The lowest BCUT2D eigenvalue weighted by Crippen LogP contribution is -2.41. The van der Waals surface area contributed by atoms with E-state index in [-0.39, 0.29) is 6.61 Å². The van der Waals surface area contributed by atoms with Crippen LogP contribution in [0.15, 0.2) is 0 Å². The molecule has 0 saturated heterocycles. The maximum atomic E-state index is 9.06. The van der Waals surface area contributed by atoms with Gasteiger partial charge in [0.25, 0.3) is 0 Å². The van der Waals surface area contributed by atoms with Crippen molar-refractivity contribution in [3.8, 4) is 0 Å². The third kappa shape index (κ3) is 6.32. The molecule has 0 aliphatic heterocycles. The smallest absolute Gasteiger partial charge is 0.166 e. The molecule has 0 aromatic carbocycles. The molecule has 0 heterocycles. The van der Waals surface area contributed by atoms with Gasteiger partial charge in [-0.3, -0.25) is 0 Å². The molecular formula is C10H22O4. The van der Waals surface area contributed by atoms with Crippen LogP contribution in [0.5, 0.6) is 0 Å². The van der Waals surface area contributed by atoms with Crippen LogP contribution in [0.4, 0.5) is 0 Å². The van der Waals surface area contributed by atoms with Crippen LogP contribution in [-0.4, -0.2) is 36.5 Å². The van der Waals surface area contributed by atoms with E-state index in [2.05, 4.69) is 0 Å². The SMILES string of the molecule is COC(C)(C)OC(C)(C)OCC(C)O. The molecule has 0 spiro atoms. The van der Waals surface area contributed by atoms with E-state index in [9.17, 15) is 0 Å². The van der Waals surface area contributed by atoms with Gasteiger partial charge in [-0.05, 0) is 34.6 Å². The molecule has 0 bridgehead atoms. The summed E-state index contributed by atoms with van der Waals surface area (Å²) in [6.45, 7) is 9.09. The van der Waals surface area contributed by atoms with Crippen molar-refractivity contribution in [2.24, 2.45) is 0 Å². The molecule has 0 aliphatic rings. The molecule has 1 atom stereocenters. The summed E-state index contributed by atoms with van der Waals surface area (Å²) in [4.78, 5) is 0. The highest BCUT2D eigenvalue weighted by Crippen LogP contribution is 2.21. The third-order valence-corrected chi connectivity index (χ3v) is 1.66. The highest BCUT2D eigenvalue weighted by atomic mass is 16.8. The van der Waals surface area contributed by atoms with Crippen LogP contribution < -0.4 is 0 Å². The number of aliphatic hydroxyl groups is 1. The Bertz CT molecular complexity index is 164. The van der Waals surface area contributed by atoms with Gasteiger partial charge in [-0.2, -0.15) is 0 Å². The highest BCUT2D eigenvalue weighted by Gasteiger charge is 2.29. The predicted octanol–water partition coefficient (Wildman–Crippen LogP) is 1.52. The monoisotopic (exact) mass is 206 g/mol. The zero-order valence-electron chi connectivity index (χ0n) is 9.96. The topological polar surface area (TPSA) is 47.9 Å². The second-order valence-corrected chi connectivity index (χ2v) is 4.27. The Labute approximate surface area is 86.2 Å². The Hall–Kier alpha value is -0.160. The summed E-state index contributed by atoms with van der Waals surface area (Å²) in [6.07, 6.45) is -0.497. The van der Waals surface area contributed by atoms with Crippen LogP contribution in [0.2, 0.25) is 0 Å². The van der Waals surface area contributed by atoms with Crippen LogP contribution in [0.3, 0.4) is 0 Å². The Morgan fingerprint density at radius 2 is 1.64 bits per heavy atom. The number of hydrogen-bond donors (Lipinski definition) is 1. The molecule has 1 unspecified atom stereocenters. The summed E-state index contributed by atoms with van der Waals surface area (Å²) in [5.41, 5.74) is 0. The first-order valence-electron chi connectivity index (χ1n) is 4.76. The zero-order chi connectivity index (χ0) is 11.4. The molecule has 4 nitrogen and oxygen atoms in total. The summed E-state index contributed by atoms with van der Waals surface area (Å²) in [5, 5.41) is 9.06. The van der Waals surface area contributed by atoms with Gasteiger partial charge in [0.15, 0.2) is 11.6 Å². The van der Waals surface area contributed by atoms with E-state index in [1.54, 1.807) is 41.7 Å². The average Bonchev–Trinajstić information content (AvgIpc) is 1.99. The molecule has 0 aromatic rings. The first-order valence-corrected chi connectivity index (χ1v) is 4.76. The van der Waals surface area contributed by atoms with E-state index in [0.717, 1.165) is 0 Å². The van der Waals surface area contributed by atoms with Crippen LogP contribution in [0, 0.1) is 0 Å². The molecule has 86 valence electrons.